The van der Waals surface area contributed by atoms with E-state index in [0.29, 0.717) is 19.0 Å². The van der Waals surface area contributed by atoms with Gasteiger partial charge in [0.2, 0.25) is 0 Å². The maximum atomic E-state index is 13.0. The van der Waals surface area contributed by atoms with Crippen LogP contribution in [0, 0.1) is 0 Å². The van der Waals surface area contributed by atoms with Gasteiger partial charge in [-0.25, -0.2) is 4.79 Å². The van der Waals surface area contributed by atoms with Crippen LogP contribution in [-0.4, -0.2) is 54.5 Å². The first-order chi connectivity index (χ1) is 16.6. The largest absolute Gasteiger partial charge is 0.492 e. The summed E-state index contributed by atoms with van der Waals surface area (Å²) in [6.07, 6.45) is 3.52. The van der Waals surface area contributed by atoms with Crippen molar-refractivity contribution in [2.24, 2.45) is 0 Å². The fraction of sp³-hybridized carbons (Fsp3) is 0.222. The van der Waals surface area contributed by atoms with Crippen LogP contribution in [0.25, 0.3) is 11.4 Å². The minimum atomic E-state index is -0.148. The molecule has 0 saturated carbocycles. The Morgan fingerprint density at radius 1 is 0.706 bits per heavy atom. The van der Waals surface area contributed by atoms with Gasteiger partial charge in [0.05, 0.1) is 18.0 Å². The van der Waals surface area contributed by atoms with Crippen molar-refractivity contribution in [1.82, 2.24) is 14.0 Å². The number of methoxy groups -OCH3 is 1. The third kappa shape index (κ3) is 5.95. The molecule has 0 saturated heterocycles. The Labute approximate surface area is 199 Å². The second kappa shape index (κ2) is 11.4. The predicted molar refractivity (Wildman–Crippen MR) is 133 cm³/mol. The van der Waals surface area contributed by atoms with Gasteiger partial charge in [0, 0.05) is 32.6 Å². The second-order valence-electron chi connectivity index (χ2n) is 7.87. The molecule has 0 amide bonds. The Balaban J connectivity index is 1.39. The topological polar surface area (TPSA) is 57.9 Å². The van der Waals surface area contributed by atoms with Crippen molar-refractivity contribution in [3.8, 4) is 28.6 Å². The summed E-state index contributed by atoms with van der Waals surface area (Å²) in [5.41, 5.74) is 1.39. The molecule has 0 fully saturated rings. The van der Waals surface area contributed by atoms with Crippen LogP contribution in [-0.2, 0) is 4.74 Å². The minimum Gasteiger partial charge on any atom is -0.492 e. The molecule has 4 rings (SSSR count). The summed E-state index contributed by atoms with van der Waals surface area (Å²) >= 11 is 0. The first-order valence-corrected chi connectivity index (χ1v) is 11.2. The van der Waals surface area contributed by atoms with Crippen molar-refractivity contribution in [2.75, 3.05) is 40.5 Å². The average Bonchev–Trinajstić information content (AvgIpc) is 3.25. The lowest BCUT2D eigenvalue weighted by molar-refractivity contribution is 0.150. The van der Waals surface area contributed by atoms with Crippen molar-refractivity contribution in [1.29, 1.82) is 0 Å². The number of hydrogen-bond donors (Lipinski definition) is 0. The van der Waals surface area contributed by atoms with Crippen LogP contribution in [0.1, 0.15) is 0 Å². The van der Waals surface area contributed by atoms with Gasteiger partial charge in [0.25, 0.3) is 0 Å². The molecule has 0 atom stereocenters. The van der Waals surface area contributed by atoms with E-state index in [-0.39, 0.29) is 5.69 Å². The molecule has 0 radical (unpaired) electrons. The van der Waals surface area contributed by atoms with Gasteiger partial charge in [0.1, 0.15) is 23.9 Å². The van der Waals surface area contributed by atoms with Crippen molar-refractivity contribution < 1.29 is 14.2 Å². The lowest BCUT2D eigenvalue weighted by Crippen LogP contribution is -2.27. The van der Waals surface area contributed by atoms with Crippen molar-refractivity contribution >= 4 is 0 Å². The smallest absolute Gasteiger partial charge is 0.337 e. The lowest BCUT2D eigenvalue weighted by atomic mass is 10.3. The Morgan fingerprint density at radius 2 is 1.24 bits per heavy atom. The molecule has 0 bridgehead atoms. The first-order valence-electron chi connectivity index (χ1n) is 11.2. The summed E-state index contributed by atoms with van der Waals surface area (Å²) in [7, 11) is 3.73. The zero-order valence-corrected chi connectivity index (χ0v) is 19.5. The van der Waals surface area contributed by atoms with Crippen molar-refractivity contribution in [3.05, 3.63) is 102 Å². The molecule has 3 aromatic carbocycles. The molecule has 0 aliphatic carbocycles. The molecule has 7 nitrogen and oxygen atoms in total. The van der Waals surface area contributed by atoms with Gasteiger partial charge in [-0.1, -0.05) is 18.2 Å². The van der Waals surface area contributed by atoms with Crippen LogP contribution in [0.15, 0.2) is 96.1 Å². The summed E-state index contributed by atoms with van der Waals surface area (Å²) in [5, 5.41) is 0. The molecule has 34 heavy (non-hydrogen) atoms. The van der Waals surface area contributed by atoms with Crippen LogP contribution < -0.4 is 15.2 Å². The van der Waals surface area contributed by atoms with E-state index >= 15 is 0 Å². The van der Waals surface area contributed by atoms with Crippen LogP contribution >= 0.6 is 0 Å². The molecule has 0 unspecified atom stereocenters. The zero-order chi connectivity index (χ0) is 23.8. The Morgan fingerprint density at radius 3 is 1.82 bits per heavy atom. The van der Waals surface area contributed by atoms with E-state index in [9.17, 15) is 4.79 Å². The highest BCUT2D eigenvalue weighted by atomic mass is 16.5. The van der Waals surface area contributed by atoms with Gasteiger partial charge in [0.15, 0.2) is 0 Å². The standard InChI is InChI=1S/C27H29N3O4/c1-28(18-20-32-2)19-21-33-24-12-8-22(9-13-24)29-16-17-30(27(29)31)23-10-14-26(15-11-23)34-25-6-4-3-5-7-25/h3-17H,18-21H2,1-2H3. The second-order valence-corrected chi connectivity index (χ2v) is 7.87. The number of benzene rings is 3. The van der Waals surface area contributed by atoms with E-state index in [2.05, 4.69) is 4.90 Å². The number of aromatic nitrogens is 2. The van der Waals surface area contributed by atoms with E-state index in [0.717, 1.165) is 36.0 Å². The molecule has 0 N–H and O–H groups in total. The highest BCUT2D eigenvalue weighted by Gasteiger charge is 2.08. The molecule has 7 heteroatoms. The quantitative estimate of drug-likeness (QED) is 0.333. The normalized spacial score (nSPS) is 11.0. The summed E-state index contributed by atoms with van der Waals surface area (Å²) in [4.78, 5) is 15.2. The number of ether oxygens (including phenoxy) is 3. The van der Waals surface area contributed by atoms with Gasteiger partial charge < -0.3 is 19.1 Å². The molecule has 176 valence electrons. The third-order valence-corrected chi connectivity index (χ3v) is 5.40. The number of hydrogen-bond acceptors (Lipinski definition) is 5. The van der Waals surface area contributed by atoms with E-state index in [4.69, 9.17) is 14.2 Å². The zero-order valence-electron chi connectivity index (χ0n) is 19.5. The molecule has 4 aromatic rings. The summed E-state index contributed by atoms with van der Waals surface area (Å²) < 4.78 is 19.9. The minimum absolute atomic E-state index is 0.148. The van der Waals surface area contributed by atoms with Crippen LogP contribution in [0.5, 0.6) is 17.2 Å². The molecule has 1 aromatic heterocycles. The molecular formula is C27H29N3O4. The maximum absolute atomic E-state index is 13.0. The number of rotatable bonds is 11. The monoisotopic (exact) mass is 459 g/mol. The molecular weight excluding hydrogens is 430 g/mol. The van der Waals surface area contributed by atoms with Crippen molar-refractivity contribution in [3.63, 3.8) is 0 Å². The number of likely N-dealkylation sites (N-methyl/N-ethyl adjacent to an activating group) is 1. The SMILES string of the molecule is COCCN(C)CCOc1ccc(-n2ccn(-c3ccc(Oc4ccccc4)cc3)c2=O)cc1. The number of para-hydroxylation sites is 1. The van der Waals surface area contributed by atoms with E-state index in [1.807, 2.05) is 85.9 Å². The Hall–Kier alpha value is -3.81. The van der Waals surface area contributed by atoms with E-state index in [1.54, 1.807) is 28.6 Å². The summed E-state index contributed by atoms with van der Waals surface area (Å²) in [6.45, 7) is 2.95. The maximum Gasteiger partial charge on any atom is 0.337 e. The Bertz CT molecular complexity index is 1220. The molecule has 0 aliphatic rings. The summed E-state index contributed by atoms with van der Waals surface area (Å²) in [6, 6.07) is 24.5. The molecule has 0 spiro atoms. The first kappa shape index (κ1) is 23.4. The fourth-order valence-electron chi connectivity index (χ4n) is 3.45. The van der Waals surface area contributed by atoms with Gasteiger partial charge in [-0.15, -0.1) is 0 Å². The van der Waals surface area contributed by atoms with Gasteiger partial charge >= 0.3 is 5.69 Å². The number of nitrogens with zero attached hydrogens (tertiary/aromatic N) is 3. The van der Waals surface area contributed by atoms with Gasteiger partial charge in [-0.3, -0.25) is 9.13 Å². The average molecular weight is 460 g/mol. The predicted octanol–water partition coefficient (Wildman–Crippen LogP) is 4.38. The highest BCUT2D eigenvalue weighted by Crippen LogP contribution is 2.22. The van der Waals surface area contributed by atoms with E-state index < -0.39 is 0 Å². The number of imidazole rings is 1. The van der Waals surface area contributed by atoms with Gasteiger partial charge in [-0.05, 0) is 67.7 Å². The third-order valence-electron chi connectivity index (χ3n) is 5.40. The molecule has 1 heterocycles. The fourth-order valence-corrected chi connectivity index (χ4v) is 3.45. The van der Waals surface area contributed by atoms with Crippen LogP contribution in [0.4, 0.5) is 0 Å². The van der Waals surface area contributed by atoms with Gasteiger partial charge in [-0.2, -0.15) is 0 Å². The highest BCUT2D eigenvalue weighted by molar-refractivity contribution is 5.41. The van der Waals surface area contributed by atoms with Crippen LogP contribution in [0.3, 0.4) is 0 Å². The van der Waals surface area contributed by atoms with Crippen molar-refractivity contribution in [2.45, 2.75) is 0 Å². The lowest BCUT2D eigenvalue weighted by Gasteiger charge is -2.16. The van der Waals surface area contributed by atoms with Crippen LogP contribution in [0.2, 0.25) is 0 Å². The van der Waals surface area contributed by atoms with E-state index in [1.165, 1.54) is 0 Å². The summed E-state index contributed by atoms with van der Waals surface area (Å²) in [5.74, 6) is 2.25. The Kier molecular flexibility index (Phi) is 7.80. The molecule has 0 aliphatic heterocycles.